The van der Waals surface area contributed by atoms with E-state index in [1.807, 2.05) is 0 Å². The van der Waals surface area contributed by atoms with Crippen molar-refractivity contribution in [3.05, 3.63) is 39.9 Å². The molecule has 1 aromatic carbocycles. The molecule has 0 saturated carbocycles. The van der Waals surface area contributed by atoms with Gasteiger partial charge in [-0.05, 0) is 31.4 Å². The first kappa shape index (κ1) is 17.4. The predicted octanol–water partition coefficient (Wildman–Crippen LogP) is 1.82. The summed E-state index contributed by atoms with van der Waals surface area (Å²) in [6.07, 6.45) is 3.14. The second kappa shape index (κ2) is 8.59. The van der Waals surface area contributed by atoms with Crippen molar-refractivity contribution in [3.8, 4) is 0 Å². The SMILES string of the molecule is Cl.O=C(CCc1cccc([N+](=O)[O-])c1)NCC1CCCN1. The van der Waals surface area contributed by atoms with E-state index in [1.165, 1.54) is 12.1 Å². The number of nitro benzene ring substituents is 1. The second-order valence-corrected chi connectivity index (χ2v) is 5.02. The van der Waals surface area contributed by atoms with Crippen molar-refractivity contribution in [2.45, 2.75) is 31.7 Å². The summed E-state index contributed by atoms with van der Waals surface area (Å²) in [7, 11) is 0. The first-order valence-electron chi connectivity index (χ1n) is 6.88. The monoisotopic (exact) mass is 313 g/mol. The molecule has 21 heavy (non-hydrogen) atoms. The third-order valence-electron chi connectivity index (χ3n) is 3.47. The van der Waals surface area contributed by atoms with Crippen LogP contribution in [-0.4, -0.2) is 30.0 Å². The van der Waals surface area contributed by atoms with E-state index in [9.17, 15) is 14.9 Å². The van der Waals surface area contributed by atoms with Crippen molar-refractivity contribution in [3.63, 3.8) is 0 Å². The molecule has 1 saturated heterocycles. The first-order chi connectivity index (χ1) is 9.65. The first-order valence-corrected chi connectivity index (χ1v) is 6.88. The number of amides is 1. The number of halogens is 1. The molecular formula is C14H20ClN3O3. The Morgan fingerprint density at radius 1 is 1.48 bits per heavy atom. The minimum Gasteiger partial charge on any atom is -0.355 e. The van der Waals surface area contributed by atoms with Crippen LogP contribution in [0.1, 0.15) is 24.8 Å². The van der Waals surface area contributed by atoms with Gasteiger partial charge in [-0.2, -0.15) is 0 Å². The van der Waals surface area contributed by atoms with Gasteiger partial charge in [-0.15, -0.1) is 12.4 Å². The van der Waals surface area contributed by atoms with E-state index in [-0.39, 0.29) is 24.0 Å². The maximum atomic E-state index is 11.7. The number of carbonyl (C=O) groups excluding carboxylic acids is 1. The number of nitro groups is 1. The molecule has 0 spiro atoms. The van der Waals surface area contributed by atoms with Crippen LogP contribution >= 0.6 is 12.4 Å². The molecule has 0 aromatic heterocycles. The van der Waals surface area contributed by atoms with Gasteiger partial charge >= 0.3 is 0 Å². The summed E-state index contributed by atoms with van der Waals surface area (Å²) in [5.41, 5.74) is 0.881. The molecule has 6 nitrogen and oxygen atoms in total. The molecule has 1 atom stereocenters. The molecule has 1 heterocycles. The highest BCUT2D eigenvalue weighted by molar-refractivity contribution is 5.85. The summed E-state index contributed by atoms with van der Waals surface area (Å²) >= 11 is 0. The molecule has 2 N–H and O–H groups in total. The molecule has 0 radical (unpaired) electrons. The van der Waals surface area contributed by atoms with Crippen LogP contribution in [0.5, 0.6) is 0 Å². The lowest BCUT2D eigenvalue weighted by molar-refractivity contribution is -0.384. The highest BCUT2D eigenvalue weighted by Gasteiger charge is 2.14. The normalized spacial score (nSPS) is 17.0. The van der Waals surface area contributed by atoms with Crippen LogP contribution in [0.15, 0.2) is 24.3 Å². The minimum absolute atomic E-state index is 0. The molecule has 1 aromatic rings. The van der Waals surface area contributed by atoms with Gasteiger partial charge in [0.1, 0.15) is 0 Å². The fourth-order valence-electron chi connectivity index (χ4n) is 2.34. The molecule has 1 aliphatic heterocycles. The maximum absolute atomic E-state index is 11.7. The van der Waals surface area contributed by atoms with E-state index in [2.05, 4.69) is 10.6 Å². The van der Waals surface area contributed by atoms with Crippen LogP contribution < -0.4 is 10.6 Å². The largest absolute Gasteiger partial charge is 0.355 e. The maximum Gasteiger partial charge on any atom is 0.269 e. The average molecular weight is 314 g/mol. The zero-order valence-electron chi connectivity index (χ0n) is 11.7. The van der Waals surface area contributed by atoms with E-state index in [1.54, 1.807) is 12.1 Å². The lowest BCUT2D eigenvalue weighted by Crippen LogP contribution is -2.37. The van der Waals surface area contributed by atoms with Crippen molar-refractivity contribution < 1.29 is 9.72 Å². The van der Waals surface area contributed by atoms with Crippen LogP contribution in [0, 0.1) is 10.1 Å². The summed E-state index contributed by atoms with van der Waals surface area (Å²) < 4.78 is 0. The number of benzene rings is 1. The highest BCUT2D eigenvalue weighted by Crippen LogP contribution is 2.14. The van der Waals surface area contributed by atoms with Gasteiger partial charge < -0.3 is 10.6 Å². The van der Waals surface area contributed by atoms with E-state index >= 15 is 0 Å². The van der Waals surface area contributed by atoms with Gasteiger partial charge in [-0.25, -0.2) is 0 Å². The summed E-state index contributed by atoms with van der Waals surface area (Å²) in [6.45, 7) is 1.68. The number of aryl methyl sites for hydroxylation is 1. The summed E-state index contributed by atoms with van der Waals surface area (Å²) in [5, 5.41) is 16.9. The second-order valence-electron chi connectivity index (χ2n) is 5.02. The molecule has 0 bridgehead atoms. The Kier molecular flexibility index (Phi) is 7.11. The number of rotatable bonds is 6. The van der Waals surface area contributed by atoms with Crippen LogP contribution in [0.25, 0.3) is 0 Å². The van der Waals surface area contributed by atoms with E-state index in [0.717, 1.165) is 24.9 Å². The molecule has 1 fully saturated rings. The van der Waals surface area contributed by atoms with E-state index in [4.69, 9.17) is 0 Å². The fraction of sp³-hybridized carbons (Fsp3) is 0.500. The van der Waals surface area contributed by atoms with Gasteiger partial charge in [0.15, 0.2) is 0 Å². The number of non-ortho nitro benzene ring substituents is 1. The van der Waals surface area contributed by atoms with Gasteiger partial charge in [0.05, 0.1) is 4.92 Å². The van der Waals surface area contributed by atoms with Crippen molar-refractivity contribution in [2.75, 3.05) is 13.1 Å². The average Bonchev–Trinajstić information content (AvgIpc) is 2.96. The molecular weight excluding hydrogens is 294 g/mol. The van der Waals surface area contributed by atoms with Crippen LogP contribution in [0.4, 0.5) is 5.69 Å². The lowest BCUT2D eigenvalue weighted by Gasteiger charge is -2.11. The molecule has 1 amide bonds. The van der Waals surface area contributed by atoms with Gasteiger partial charge in [-0.3, -0.25) is 14.9 Å². The number of hydrogen-bond donors (Lipinski definition) is 2. The molecule has 2 rings (SSSR count). The van der Waals surface area contributed by atoms with Crippen molar-refractivity contribution >= 4 is 24.0 Å². The summed E-state index contributed by atoms with van der Waals surface area (Å²) in [4.78, 5) is 22.0. The highest BCUT2D eigenvalue weighted by atomic mass is 35.5. The van der Waals surface area contributed by atoms with Gasteiger partial charge in [-0.1, -0.05) is 12.1 Å². The number of nitrogens with zero attached hydrogens (tertiary/aromatic N) is 1. The molecule has 0 aliphatic carbocycles. The van der Waals surface area contributed by atoms with Crippen LogP contribution in [0.3, 0.4) is 0 Å². The zero-order chi connectivity index (χ0) is 14.4. The summed E-state index contributed by atoms with van der Waals surface area (Å²) in [6, 6.07) is 6.81. The number of nitrogens with one attached hydrogen (secondary N) is 2. The molecule has 1 unspecified atom stereocenters. The van der Waals surface area contributed by atoms with Gasteiger partial charge in [0.25, 0.3) is 5.69 Å². The third-order valence-corrected chi connectivity index (χ3v) is 3.47. The standard InChI is InChI=1S/C14H19N3O3.ClH/c18-14(16-10-12-4-2-8-15-12)7-6-11-3-1-5-13(9-11)17(19)20;/h1,3,5,9,12,15H,2,4,6-8,10H2,(H,16,18);1H. The Morgan fingerprint density at radius 2 is 2.29 bits per heavy atom. The zero-order valence-corrected chi connectivity index (χ0v) is 12.5. The Bertz CT molecular complexity index is 490. The topological polar surface area (TPSA) is 84.3 Å². The Labute approximate surface area is 129 Å². The Morgan fingerprint density at radius 3 is 2.95 bits per heavy atom. The molecule has 116 valence electrons. The number of carbonyl (C=O) groups is 1. The Hall–Kier alpha value is -1.66. The molecule has 7 heteroatoms. The smallest absolute Gasteiger partial charge is 0.269 e. The van der Waals surface area contributed by atoms with Gasteiger partial charge in [0.2, 0.25) is 5.91 Å². The van der Waals surface area contributed by atoms with Gasteiger partial charge in [0, 0.05) is 31.1 Å². The fourth-order valence-corrected chi connectivity index (χ4v) is 2.34. The number of hydrogen-bond acceptors (Lipinski definition) is 4. The van der Waals surface area contributed by atoms with Crippen LogP contribution in [0.2, 0.25) is 0 Å². The van der Waals surface area contributed by atoms with E-state index in [0.29, 0.717) is 25.4 Å². The Balaban J connectivity index is 0.00000220. The van der Waals surface area contributed by atoms with Crippen LogP contribution in [-0.2, 0) is 11.2 Å². The minimum atomic E-state index is -0.421. The van der Waals surface area contributed by atoms with Crippen molar-refractivity contribution in [2.24, 2.45) is 0 Å². The van der Waals surface area contributed by atoms with Crippen molar-refractivity contribution in [1.29, 1.82) is 0 Å². The van der Waals surface area contributed by atoms with E-state index < -0.39 is 4.92 Å². The quantitative estimate of drug-likeness (QED) is 0.620. The lowest BCUT2D eigenvalue weighted by atomic mass is 10.1. The van der Waals surface area contributed by atoms with Crippen molar-refractivity contribution in [1.82, 2.24) is 10.6 Å². The predicted molar refractivity (Wildman–Crippen MR) is 82.7 cm³/mol. The molecule has 1 aliphatic rings. The summed E-state index contributed by atoms with van der Waals surface area (Å²) in [5.74, 6) is -0.00907. The third kappa shape index (κ3) is 5.69.